The van der Waals surface area contributed by atoms with E-state index in [0.717, 1.165) is 38.6 Å². The van der Waals surface area contributed by atoms with Gasteiger partial charge in [0.2, 0.25) is 5.96 Å². The number of hydrogen-bond donors (Lipinski definition) is 2. The fourth-order valence-corrected chi connectivity index (χ4v) is 1.75. The average molecular weight is 169 g/mol. The van der Waals surface area contributed by atoms with E-state index in [1.165, 1.54) is 6.42 Å². The van der Waals surface area contributed by atoms with E-state index in [9.17, 15) is 0 Å². The van der Waals surface area contributed by atoms with Crippen LogP contribution in [0.25, 0.3) is 0 Å². The van der Waals surface area contributed by atoms with Crippen molar-refractivity contribution >= 4 is 5.96 Å². The number of nitrogens with zero attached hydrogens (tertiary/aromatic N) is 3. The lowest BCUT2D eigenvalue weighted by molar-refractivity contribution is 0.197. The summed E-state index contributed by atoms with van der Waals surface area (Å²) >= 11 is 0. The highest BCUT2D eigenvalue weighted by Crippen LogP contribution is 2.11. The zero-order valence-electron chi connectivity index (χ0n) is 7.16. The van der Waals surface area contributed by atoms with Crippen LogP contribution >= 0.6 is 0 Å². The van der Waals surface area contributed by atoms with E-state index in [4.69, 9.17) is 5.84 Å². The zero-order chi connectivity index (χ0) is 8.39. The van der Waals surface area contributed by atoms with Crippen LogP contribution in [-0.2, 0) is 0 Å². The third-order valence-electron chi connectivity index (χ3n) is 2.33. The fourth-order valence-electron chi connectivity index (χ4n) is 1.75. The number of fused-ring (bicyclic) bond motifs is 1. The van der Waals surface area contributed by atoms with E-state index in [1.54, 1.807) is 0 Å². The van der Waals surface area contributed by atoms with E-state index < -0.39 is 0 Å². The molecule has 0 amide bonds. The molecule has 0 aromatic carbocycles. The Labute approximate surface area is 72.2 Å². The zero-order valence-corrected chi connectivity index (χ0v) is 7.16. The maximum absolute atomic E-state index is 5.38. The van der Waals surface area contributed by atoms with Crippen LogP contribution in [0, 0.1) is 0 Å². The highest BCUT2D eigenvalue weighted by atomic mass is 15.7. The molecule has 5 heteroatoms. The summed E-state index contributed by atoms with van der Waals surface area (Å²) in [4.78, 5) is 6.71. The molecule has 2 heterocycles. The van der Waals surface area contributed by atoms with Gasteiger partial charge in [-0.1, -0.05) is 0 Å². The maximum atomic E-state index is 5.38. The number of nitrogens with one attached hydrogen (secondary N) is 1. The molecule has 1 saturated heterocycles. The average Bonchev–Trinajstić information content (AvgIpc) is 2.17. The second-order valence-electron chi connectivity index (χ2n) is 3.16. The molecule has 0 spiro atoms. The Bertz CT molecular complexity index is 190. The van der Waals surface area contributed by atoms with Gasteiger partial charge in [-0.05, 0) is 12.8 Å². The van der Waals surface area contributed by atoms with Crippen molar-refractivity contribution in [3.8, 4) is 0 Å². The van der Waals surface area contributed by atoms with Crippen LogP contribution in [0.1, 0.15) is 12.8 Å². The topological polar surface area (TPSA) is 56.9 Å². The first kappa shape index (κ1) is 7.82. The molecule has 0 aromatic heterocycles. The molecular formula is C7H15N5. The molecule has 0 radical (unpaired) electrons. The second-order valence-corrected chi connectivity index (χ2v) is 3.16. The lowest BCUT2D eigenvalue weighted by atomic mass is 10.2. The summed E-state index contributed by atoms with van der Waals surface area (Å²) < 4.78 is 0. The van der Waals surface area contributed by atoms with Gasteiger partial charge in [0.15, 0.2) is 0 Å². The smallest absolute Gasteiger partial charge is 0.212 e. The summed E-state index contributed by atoms with van der Waals surface area (Å²) in [6, 6.07) is 0. The van der Waals surface area contributed by atoms with Crippen LogP contribution in [0.4, 0.5) is 0 Å². The third kappa shape index (κ3) is 1.25. The minimum Gasteiger partial charge on any atom is -0.342 e. The minimum absolute atomic E-state index is 0.935. The van der Waals surface area contributed by atoms with E-state index >= 15 is 0 Å². The molecule has 68 valence electrons. The number of guanidine groups is 1. The van der Waals surface area contributed by atoms with Crippen molar-refractivity contribution in [3.05, 3.63) is 0 Å². The van der Waals surface area contributed by atoms with Crippen molar-refractivity contribution in [1.82, 2.24) is 15.4 Å². The van der Waals surface area contributed by atoms with Crippen molar-refractivity contribution in [2.45, 2.75) is 12.8 Å². The lowest BCUT2D eigenvalue weighted by Crippen LogP contribution is -2.59. The molecule has 2 aliphatic heterocycles. The first-order valence-corrected chi connectivity index (χ1v) is 4.45. The molecule has 0 aromatic rings. The number of hydrogen-bond acceptors (Lipinski definition) is 5. The van der Waals surface area contributed by atoms with Crippen LogP contribution in [0.3, 0.4) is 0 Å². The first-order chi connectivity index (χ1) is 5.92. The Balaban J connectivity index is 2.12. The Morgan fingerprint density at radius 1 is 1.25 bits per heavy atom. The fraction of sp³-hybridized carbons (Fsp3) is 0.857. The van der Waals surface area contributed by atoms with Crippen molar-refractivity contribution in [2.75, 3.05) is 26.2 Å². The predicted molar refractivity (Wildman–Crippen MR) is 47.1 cm³/mol. The van der Waals surface area contributed by atoms with E-state index in [2.05, 4.69) is 15.4 Å². The quantitative estimate of drug-likeness (QED) is 0.396. The molecule has 0 saturated carbocycles. The van der Waals surface area contributed by atoms with E-state index in [0.29, 0.717) is 0 Å². The lowest BCUT2D eigenvalue weighted by Gasteiger charge is -2.39. The van der Waals surface area contributed by atoms with Gasteiger partial charge in [-0.25, -0.2) is 0 Å². The molecule has 0 bridgehead atoms. The van der Waals surface area contributed by atoms with Gasteiger partial charge in [0.05, 0.1) is 0 Å². The summed E-state index contributed by atoms with van der Waals surface area (Å²) in [5.74, 6) is 6.40. The van der Waals surface area contributed by atoms with Gasteiger partial charge in [0.1, 0.15) is 0 Å². The van der Waals surface area contributed by atoms with Crippen LogP contribution in [0.15, 0.2) is 4.99 Å². The van der Waals surface area contributed by atoms with E-state index in [1.807, 2.05) is 5.01 Å². The maximum Gasteiger partial charge on any atom is 0.212 e. The highest BCUT2D eigenvalue weighted by molar-refractivity contribution is 5.80. The molecule has 5 nitrogen and oxygen atoms in total. The summed E-state index contributed by atoms with van der Waals surface area (Å²) in [7, 11) is 0. The first-order valence-electron chi connectivity index (χ1n) is 4.45. The molecular weight excluding hydrogens is 154 g/mol. The Morgan fingerprint density at radius 3 is 2.92 bits per heavy atom. The Hall–Kier alpha value is -0.810. The van der Waals surface area contributed by atoms with Crippen molar-refractivity contribution in [3.63, 3.8) is 0 Å². The van der Waals surface area contributed by atoms with Gasteiger partial charge in [-0.15, -0.1) is 0 Å². The molecule has 0 aliphatic carbocycles. The number of hydrazine groups is 2. The monoisotopic (exact) mass is 169 g/mol. The van der Waals surface area contributed by atoms with Gasteiger partial charge in [0, 0.05) is 26.2 Å². The molecule has 2 rings (SSSR count). The second kappa shape index (κ2) is 3.28. The third-order valence-corrected chi connectivity index (χ3v) is 2.33. The van der Waals surface area contributed by atoms with Crippen LogP contribution < -0.4 is 11.4 Å². The van der Waals surface area contributed by atoms with E-state index in [-0.39, 0.29) is 0 Å². The Morgan fingerprint density at radius 2 is 2.08 bits per heavy atom. The van der Waals surface area contributed by atoms with Gasteiger partial charge in [-0.2, -0.15) is 5.53 Å². The van der Waals surface area contributed by atoms with Gasteiger partial charge in [0.25, 0.3) is 0 Å². The van der Waals surface area contributed by atoms with Crippen molar-refractivity contribution in [2.24, 2.45) is 10.8 Å². The number of nitrogens with two attached hydrogens (primary N) is 1. The van der Waals surface area contributed by atoms with Gasteiger partial charge < -0.3 is 4.90 Å². The SMILES string of the molecule is NNN1CCCN2CCCN=C21. The molecule has 2 aliphatic rings. The Kier molecular flexibility index (Phi) is 2.14. The molecule has 12 heavy (non-hydrogen) atoms. The molecule has 1 fully saturated rings. The van der Waals surface area contributed by atoms with Crippen LogP contribution in [0.2, 0.25) is 0 Å². The standard InChI is InChI=1S/C7H15N5/c8-10-12-6-2-5-11-4-1-3-9-7(11)12/h10H,1-6,8H2. The molecule has 0 unspecified atom stereocenters. The van der Waals surface area contributed by atoms with Crippen LogP contribution in [0.5, 0.6) is 0 Å². The van der Waals surface area contributed by atoms with Crippen molar-refractivity contribution < 1.29 is 0 Å². The number of aliphatic imine (C=N–C) groups is 1. The number of rotatable bonds is 1. The van der Waals surface area contributed by atoms with Gasteiger partial charge in [-0.3, -0.25) is 15.8 Å². The largest absolute Gasteiger partial charge is 0.342 e. The van der Waals surface area contributed by atoms with Crippen molar-refractivity contribution in [1.29, 1.82) is 0 Å². The summed E-state index contributed by atoms with van der Waals surface area (Å²) in [6.07, 6.45) is 2.32. The molecule has 3 N–H and O–H groups in total. The van der Waals surface area contributed by atoms with Gasteiger partial charge >= 0.3 is 0 Å². The van der Waals surface area contributed by atoms with Crippen LogP contribution in [-0.4, -0.2) is 42.0 Å². The normalized spacial score (nSPS) is 23.6. The summed E-state index contributed by atoms with van der Waals surface area (Å²) in [6.45, 7) is 4.14. The predicted octanol–water partition coefficient (Wildman–Crippen LogP) is -0.868. The minimum atomic E-state index is 0.935. The highest BCUT2D eigenvalue weighted by Gasteiger charge is 2.24. The summed E-state index contributed by atoms with van der Waals surface area (Å²) in [5.41, 5.74) is 2.66. The summed E-state index contributed by atoms with van der Waals surface area (Å²) in [5, 5.41) is 1.92. The molecule has 0 atom stereocenters.